The number of rotatable bonds is 3. The van der Waals surface area contributed by atoms with E-state index in [1.807, 2.05) is 38.1 Å². The van der Waals surface area contributed by atoms with Gasteiger partial charge in [0.25, 0.3) is 5.91 Å². The first-order chi connectivity index (χ1) is 15.3. The predicted octanol–water partition coefficient (Wildman–Crippen LogP) is 5.51. The number of hydrogen-bond acceptors (Lipinski definition) is 4. The zero-order valence-corrected chi connectivity index (χ0v) is 18.3. The zero-order chi connectivity index (χ0) is 22.6. The van der Waals surface area contributed by atoms with Crippen LogP contribution in [0.2, 0.25) is 5.02 Å². The number of carbonyl (C=O) groups is 1. The molecule has 4 aromatic rings. The van der Waals surface area contributed by atoms with Crippen LogP contribution in [0.1, 0.15) is 44.4 Å². The second-order valence-electron chi connectivity index (χ2n) is 8.15. The van der Waals surface area contributed by atoms with Crippen LogP contribution < -0.4 is 5.43 Å². The lowest BCUT2D eigenvalue weighted by Crippen LogP contribution is -2.29. The summed E-state index contributed by atoms with van der Waals surface area (Å²) in [5, 5.41) is 11.1. The molecule has 6 heteroatoms. The number of benzene rings is 3. The van der Waals surface area contributed by atoms with Gasteiger partial charge in [0.1, 0.15) is 11.3 Å². The molecule has 5 nitrogen and oxygen atoms in total. The Balaban J connectivity index is 1.78. The summed E-state index contributed by atoms with van der Waals surface area (Å²) in [6, 6.07) is 16.9. The first-order valence-corrected chi connectivity index (χ1v) is 10.6. The molecule has 1 N–H and O–H groups in total. The van der Waals surface area contributed by atoms with E-state index in [0.717, 1.165) is 16.7 Å². The van der Waals surface area contributed by atoms with Crippen LogP contribution in [0.25, 0.3) is 11.0 Å². The van der Waals surface area contributed by atoms with Crippen molar-refractivity contribution in [3.8, 4) is 5.75 Å². The van der Waals surface area contributed by atoms with Crippen LogP contribution in [0.4, 0.5) is 0 Å². The number of carbonyl (C=O) groups excluding carboxylic acids is 1. The molecule has 0 bridgehead atoms. The molecule has 1 aliphatic heterocycles. The summed E-state index contributed by atoms with van der Waals surface area (Å²) < 4.78 is 6.08. The predicted molar refractivity (Wildman–Crippen MR) is 123 cm³/mol. The van der Waals surface area contributed by atoms with Crippen LogP contribution in [-0.4, -0.2) is 15.9 Å². The van der Waals surface area contributed by atoms with Crippen LogP contribution >= 0.6 is 11.6 Å². The molecule has 160 valence electrons. The highest BCUT2D eigenvalue weighted by Crippen LogP contribution is 2.40. The van der Waals surface area contributed by atoms with Crippen molar-refractivity contribution in [1.82, 2.24) is 4.90 Å². The maximum atomic E-state index is 13.7. The van der Waals surface area contributed by atoms with E-state index in [0.29, 0.717) is 21.6 Å². The molecule has 3 aromatic carbocycles. The Morgan fingerprint density at radius 1 is 1.03 bits per heavy atom. The topological polar surface area (TPSA) is 70.8 Å². The van der Waals surface area contributed by atoms with Gasteiger partial charge in [-0.25, -0.2) is 0 Å². The lowest BCUT2D eigenvalue weighted by molar-refractivity contribution is 0.0714. The maximum absolute atomic E-state index is 13.7. The Hall–Kier alpha value is -3.57. The quantitative estimate of drug-likeness (QED) is 0.451. The first-order valence-electron chi connectivity index (χ1n) is 10.3. The minimum absolute atomic E-state index is 0.0369. The largest absolute Gasteiger partial charge is 0.508 e. The maximum Gasteiger partial charge on any atom is 0.291 e. The van der Waals surface area contributed by atoms with E-state index >= 15 is 0 Å². The summed E-state index contributed by atoms with van der Waals surface area (Å²) in [7, 11) is 0. The Bertz CT molecular complexity index is 1460. The third-order valence-electron chi connectivity index (χ3n) is 5.88. The average Bonchev–Trinajstić information content (AvgIpc) is 3.03. The number of nitrogens with zero attached hydrogens (tertiary/aromatic N) is 1. The molecule has 0 radical (unpaired) electrons. The lowest BCUT2D eigenvalue weighted by atomic mass is 9.97. The van der Waals surface area contributed by atoms with Gasteiger partial charge in [0.2, 0.25) is 5.76 Å². The van der Waals surface area contributed by atoms with Gasteiger partial charge in [-0.1, -0.05) is 48.0 Å². The number of amides is 1. The molecule has 1 aromatic heterocycles. The molecule has 1 atom stereocenters. The Morgan fingerprint density at radius 3 is 2.56 bits per heavy atom. The third-order valence-corrected chi connectivity index (χ3v) is 6.25. The highest BCUT2D eigenvalue weighted by Gasteiger charge is 2.43. The SMILES string of the molecule is Cc1cc(C)c2oc3c(c(=O)c2c1)C(c1cccc(O)c1)N(Cc1ccccc1Cl)C3=O. The first kappa shape index (κ1) is 20.3. The number of phenolic OH excluding ortho intramolecular Hbond substituents is 1. The van der Waals surface area contributed by atoms with Crippen molar-refractivity contribution in [2.24, 2.45) is 0 Å². The molecule has 0 spiro atoms. The number of hydrogen-bond donors (Lipinski definition) is 1. The van der Waals surface area contributed by atoms with Crippen LogP contribution in [0.15, 0.2) is 69.9 Å². The fourth-order valence-electron chi connectivity index (χ4n) is 4.49. The summed E-state index contributed by atoms with van der Waals surface area (Å²) in [5.41, 5.74) is 3.58. The molecule has 2 heterocycles. The number of fused-ring (bicyclic) bond motifs is 2. The van der Waals surface area contributed by atoms with Gasteiger partial charge < -0.3 is 14.4 Å². The second-order valence-corrected chi connectivity index (χ2v) is 8.56. The average molecular weight is 446 g/mol. The van der Waals surface area contributed by atoms with Gasteiger partial charge in [-0.05, 0) is 60.4 Å². The fourth-order valence-corrected chi connectivity index (χ4v) is 4.68. The summed E-state index contributed by atoms with van der Waals surface area (Å²) in [5.74, 6) is -0.292. The zero-order valence-electron chi connectivity index (χ0n) is 17.6. The third kappa shape index (κ3) is 3.17. The van der Waals surface area contributed by atoms with Crippen LogP contribution in [-0.2, 0) is 6.54 Å². The summed E-state index contributed by atoms with van der Waals surface area (Å²) >= 11 is 6.37. The molecule has 32 heavy (non-hydrogen) atoms. The highest BCUT2D eigenvalue weighted by atomic mass is 35.5. The molecule has 1 unspecified atom stereocenters. The van der Waals surface area contributed by atoms with E-state index in [9.17, 15) is 14.7 Å². The van der Waals surface area contributed by atoms with Crippen molar-refractivity contribution in [2.45, 2.75) is 26.4 Å². The number of aryl methyl sites for hydroxylation is 2. The van der Waals surface area contributed by atoms with Gasteiger partial charge in [-0.2, -0.15) is 0 Å². The summed E-state index contributed by atoms with van der Waals surface area (Å²) in [4.78, 5) is 28.8. The van der Waals surface area contributed by atoms with Gasteiger partial charge >= 0.3 is 0 Å². The normalized spacial score (nSPS) is 15.4. The standard InChI is InChI=1S/C26H20ClNO4/c1-14-10-15(2)24-19(11-14)23(30)21-22(16-7-5-8-18(29)12-16)28(26(31)25(21)32-24)13-17-6-3-4-9-20(17)27/h3-12,22,29H,13H2,1-2H3. The van der Waals surface area contributed by atoms with Gasteiger partial charge in [-0.3, -0.25) is 9.59 Å². The molecular formula is C26H20ClNO4. The van der Waals surface area contributed by atoms with Crippen molar-refractivity contribution in [1.29, 1.82) is 0 Å². The van der Waals surface area contributed by atoms with Gasteiger partial charge in [0, 0.05) is 11.6 Å². The van der Waals surface area contributed by atoms with E-state index in [4.69, 9.17) is 16.0 Å². The molecule has 1 amide bonds. The van der Waals surface area contributed by atoms with Gasteiger partial charge in [-0.15, -0.1) is 0 Å². The lowest BCUT2D eigenvalue weighted by Gasteiger charge is -2.25. The smallest absolute Gasteiger partial charge is 0.291 e. The summed E-state index contributed by atoms with van der Waals surface area (Å²) in [6.45, 7) is 3.97. The van der Waals surface area contributed by atoms with E-state index in [-0.39, 0.29) is 35.0 Å². The fraction of sp³-hybridized carbons (Fsp3) is 0.154. The number of aromatic hydroxyl groups is 1. The Morgan fingerprint density at radius 2 is 1.81 bits per heavy atom. The number of halogens is 1. The molecular weight excluding hydrogens is 426 g/mol. The number of phenols is 1. The van der Waals surface area contributed by atoms with Crippen molar-refractivity contribution in [3.63, 3.8) is 0 Å². The van der Waals surface area contributed by atoms with Crippen molar-refractivity contribution in [2.75, 3.05) is 0 Å². The van der Waals surface area contributed by atoms with Crippen molar-refractivity contribution >= 4 is 28.5 Å². The molecule has 0 aliphatic carbocycles. The van der Waals surface area contributed by atoms with Crippen LogP contribution in [0.3, 0.4) is 0 Å². The van der Waals surface area contributed by atoms with E-state index in [1.54, 1.807) is 41.3 Å². The van der Waals surface area contributed by atoms with Crippen LogP contribution in [0.5, 0.6) is 5.75 Å². The minimum Gasteiger partial charge on any atom is -0.508 e. The van der Waals surface area contributed by atoms with Crippen molar-refractivity contribution in [3.05, 3.63) is 109 Å². The Kier molecular flexibility index (Phi) is 4.79. The van der Waals surface area contributed by atoms with E-state index in [1.165, 1.54) is 0 Å². The summed E-state index contributed by atoms with van der Waals surface area (Å²) in [6.07, 6.45) is 0. The van der Waals surface area contributed by atoms with E-state index in [2.05, 4.69) is 0 Å². The molecule has 0 fully saturated rings. The minimum atomic E-state index is -0.706. The van der Waals surface area contributed by atoms with Crippen LogP contribution in [0, 0.1) is 13.8 Å². The molecule has 0 saturated carbocycles. The van der Waals surface area contributed by atoms with Gasteiger partial charge in [0.05, 0.1) is 17.0 Å². The highest BCUT2D eigenvalue weighted by molar-refractivity contribution is 6.31. The van der Waals surface area contributed by atoms with Gasteiger partial charge in [0.15, 0.2) is 5.43 Å². The monoisotopic (exact) mass is 445 g/mol. The Labute approximate surface area is 189 Å². The second kappa shape index (κ2) is 7.53. The van der Waals surface area contributed by atoms with E-state index < -0.39 is 6.04 Å². The van der Waals surface area contributed by atoms with Crippen molar-refractivity contribution < 1.29 is 14.3 Å². The molecule has 0 saturated heterocycles. The molecule has 1 aliphatic rings. The molecule has 5 rings (SSSR count).